The first-order valence-electron chi connectivity index (χ1n) is 5.60. The van der Waals surface area contributed by atoms with E-state index in [4.69, 9.17) is 0 Å². The van der Waals surface area contributed by atoms with E-state index >= 15 is 0 Å². The van der Waals surface area contributed by atoms with Crippen molar-refractivity contribution in [3.05, 3.63) is 17.5 Å². The van der Waals surface area contributed by atoms with Crippen LogP contribution in [0.5, 0.6) is 0 Å². The standard InChI is InChI=1S/C11H17N3OS/c1-8-7-9(2)14-11(13-8)16(15)10-3-5-12-6-4-10/h7,10,12H,3-6H2,1-2H3. The Morgan fingerprint density at radius 1 is 1.25 bits per heavy atom. The van der Waals surface area contributed by atoms with Gasteiger partial charge >= 0.3 is 0 Å². The van der Waals surface area contributed by atoms with Gasteiger partial charge in [-0.15, -0.1) is 0 Å². The lowest BCUT2D eigenvalue weighted by Gasteiger charge is -2.21. The van der Waals surface area contributed by atoms with Crippen molar-refractivity contribution < 1.29 is 4.21 Å². The summed E-state index contributed by atoms with van der Waals surface area (Å²) in [6.07, 6.45) is 1.89. The van der Waals surface area contributed by atoms with E-state index in [9.17, 15) is 4.21 Å². The summed E-state index contributed by atoms with van der Waals surface area (Å²) in [5, 5.41) is 3.98. The molecule has 0 radical (unpaired) electrons. The molecular formula is C11H17N3OS. The van der Waals surface area contributed by atoms with Crippen LogP contribution < -0.4 is 5.32 Å². The zero-order chi connectivity index (χ0) is 11.5. The Bertz CT molecular complexity index is 382. The highest BCUT2D eigenvalue weighted by atomic mass is 32.2. The van der Waals surface area contributed by atoms with E-state index in [0.29, 0.717) is 5.16 Å². The predicted octanol–water partition coefficient (Wildman–Crippen LogP) is 0.953. The molecule has 88 valence electrons. The van der Waals surface area contributed by atoms with Gasteiger partial charge < -0.3 is 5.32 Å². The Morgan fingerprint density at radius 3 is 2.38 bits per heavy atom. The molecule has 0 spiro atoms. The molecule has 4 nitrogen and oxygen atoms in total. The third kappa shape index (κ3) is 2.65. The van der Waals surface area contributed by atoms with E-state index in [2.05, 4.69) is 15.3 Å². The van der Waals surface area contributed by atoms with Gasteiger partial charge in [0.05, 0.1) is 10.8 Å². The second-order valence-corrected chi connectivity index (χ2v) is 5.81. The summed E-state index contributed by atoms with van der Waals surface area (Å²) >= 11 is 0. The van der Waals surface area contributed by atoms with E-state index in [-0.39, 0.29) is 5.25 Å². The van der Waals surface area contributed by atoms with Gasteiger partial charge in [0.1, 0.15) is 0 Å². The van der Waals surface area contributed by atoms with E-state index in [1.807, 2.05) is 19.9 Å². The molecule has 2 heterocycles. The van der Waals surface area contributed by atoms with Crippen molar-refractivity contribution in [2.75, 3.05) is 13.1 Å². The van der Waals surface area contributed by atoms with Crippen LogP contribution in [-0.4, -0.2) is 32.5 Å². The minimum Gasteiger partial charge on any atom is -0.317 e. The van der Waals surface area contributed by atoms with Gasteiger partial charge in [-0.25, -0.2) is 9.97 Å². The zero-order valence-corrected chi connectivity index (χ0v) is 10.5. The number of piperidine rings is 1. The summed E-state index contributed by atoms with van der Waals surface area (Å²) in [6.45, 7) is 5.72. The second-order valence-electron chi connectivity index (χ2n) is 4.18. The molecule has 0 bridgehead atoms. The smallest absolute Gasteiger partial charge is 0.219 e. The van der Waals surface area contributed by atoms with Gasteiger partial charge in [0.15, 0.2) is 0 Å². The SMILES string of the molecule is Cc1cc(C)nc(S(=O)C2CCNCC2)n1. The molecule has 1 aliphatic rings. The highest BCUT2D eigenvalue weighted by Gasteiger charge is 2.23. The third-order valence-corrected chi connectivity index (χ3v) is 4.35. The number of hydrogen-bond donors (Lipinski definition) is 1. The maximum absolute atomic E-state index is 12.3. The maximum atomic E-state index is 12.3. The number of aromatic nitrogens is 2. The third-order valence-electron chi connectivity index (χ3n) is 2.73. The van der Waals surface area contributed by atoms with Crippen molar-refractivity contribution in [1.82, 2.24) is 15.3 Å². The second kappa shape index (κ2) is 5.01. The summed E-state index contributed by atoms with van der Waals surface area (Å²) in [5.74, 6) is 0. The van der Waals surface area contributed by atoms with Gasteiger partial charge in [-0.05, 0) is 45.8 Å². The molecule has 1 N–H and O–H groups in total. The molecular weight excluding hydrogens is 222 g/mol. The number of nitrogens with zero attached hydrogens (tertiary/aromatic N) is 2. The van der Waals surface area contributed by atoms with E-state index in [1.165, 1.54) is 0 Å². The highest BCUT2D eigenvalue weighted by Crippen LogP contribution is 2.16. The summed E-state index contributed by atoms with van der Waals surface area (Å²) in [5.41, 5.74) is 1.79. The summed E-state index contributed by atoms with van der Waals surface area (Å²) in [6, 6.07) is 1.91. The molecule has 0 aromatic carbocycles. The van der Waals surface area contributed by atoms with Crippen LogP contribution >= 0.6 is 0 Å². The van der Waals surface area contributed by atoms with Crippen LogP contribution in [0.3, 0.4) is 0 Å². The molecule has 1 aromatic heterocycles. The number of nitrogens with one attached hydrogen (secondary N) is 1. The molecule has 1 atom stereocenters. The Labute approximate surface area is 98.3 Å². The van der Waals surface area contributed by atoms with Gasteiger partial charge in [0.25, 0.3) is 0 Å². The van der Waals surface area contributed by atoms with Gasteiger partial charge in [0, 0.05) is 16.6 Å². The largest absolute Gasteiger partial charge is 0.317 e. The van der Waals surface area contributed by atoms with Crippen LogP contribution in [0.2, 0.25) is 0 Å². The quantitative estimate of drug-likeness (QED) is 0.781. The minimum atomic E-state index is -1.05. The predicted molar refractivity (Wildman–Crippen MR) is 63.8 cm³/mol. The molecule has 5 heteroatoms. The molecule has 2 rings (SSSR count). The molecule has 0 saturated carbocycles. The van der Waals surface area contributed by atoms with Crippen LogP contribution in [0.1, 0.15) is 24.2 Å². The topological polar surface area (TPSA) is 54.9 Å². The van der Waals surface area contributed by atoms with Crippen molar-refractivity contribution in [3.8, 4) is 0 Å². The van der Waals surface area contributed by atoms with Gasteiger partial charge in [0.2, 0.25) is 5.16 Å². The Hall–Kier alpha value is -0.810. The van der Waals surface area contributed by atoms with Crippen LogP contribution in [0, 0.1) is 13.8 Å². The summed E-state index contributed by atoms with van der Waals surface area (Å²) in [4.78, 5) is 8.55. The fourth-order valence-corrected chi connectivity index (χ4v) is 3.37. The molecule has 0 amide bonds. The monoisotopic (exact) mass is 239 g/mol. The Kier molecular flexibility index (Phi) is 3.66. The molecule has 1 saturated heterocycles. The van der Waals surface area contributed by atoms with Crippen LogP contribution in [-0.2, 0) is 10.8 Å². The van der Waals surface area contributed by atoms with Crippen molar-refractivity contribution >= 4 is 10.8 Å². The molecule has 1 unspecified atom stereocenters. The maximum Gasteiger partial charge on any atom is 0.219 e. The molecule has 1 aliphatic heterocycles. The van der Waals surface area contributed by atoms with Gasteiger partial charge in [-0.2, -0.15) is 0 Å². The zero-order valence-electron chi connectivity index (χ0n) is 9.69. The number of rotatable bonds is 2. The fraction of sp³-hybridized carbons (Fsp3) is 0.636. The lowest BCUT2D eigenvalue weighted by molar-refractivity contribution is 0.517. The molecule has 1 aromatic rings. The number of hydrogen-bond acceptors (Lipinski definition) is 4. The first-order valence-corrected chi connectivity index (χ1v) is 6.81. The van der Waals surface area contributed by atoms with Crippen LogP contribution in [0.4, 0.5) is 0 Å². The van der Waals surface area contributed by atoms with Crippen molar-refractivity contribution in [2.24, 2.45) is 0 Å². The lowest BCUT2D eigenvalue weighted by atomic mass is 10.2. The lowest BCUT2D eigenvalue weighted by Crippen LogP contribution is -2.33. The van der Waals surface area contributed by atoms with Crippen molar-refractivity contribution in [1.29, 1.82) is 0 Å². The van der Waals surface area contributed by atoms with E-state index in [1.54, 1.807) is 0 Å². The summed E-state index contributed by atoms with van der Waals surface area (Å²) < 4.78 is 12.3. The van der Waals surface area contributed by atoms with Crippen LogP contribution in [0.15, 0.2) is 11.2 Å². The molecule has 0 aliphatic carbocycles. The van der Waals surface area contributed by atoms with Gasteiger partial charge in [-0.1, -0.05) is 0 Å². The minimum absolute atomic E-state index is 0.211. The molecule has 16 heavy (non-hydrogen) atoms. The number of aryl methyl sites for hydroxylation is 2. The average molecular weight is 239 g/mol. The van der Waals surface area contributed by atoms with Crippen molar-refractivity contribution in [2.45, 2.75) is 37.1 Å². The van der Waals surface area contributed by atoms with Crippen molar-refractivity contribution in [3.63, 3.8) is 0 Å². The average Bonchev–Trinajstić information content (AvgIpc) is 2.28. The van der Waals surface area contributed by atoms with E-state index < -0.39 is 10.8 Å². The van der Waals surface area contributed by atoms with Gasteiger partial charge in [-0.3, -0.25) is 4.21 Å². The normalized spacial score (nSPS) is 19.6. The fourth-order valence-electron chi connectivity index (χ4n) is 1.94. The summed E-state index contributed by atoms with van der Waals surface area (Å²) in [7, 11) is -1.05. The van der Waals surface area contributed by atoms with E-state index in [0.717, 1.165) is 37.3 Å². The first-order chi connectivity index (χ1) is 7.66. The Balaban J connectivity index is 2.19. The molecule has 1 fully saturated rings. The first kappa shape index (κ1) is 11.7. The highest BCUT2D eigenvalue weighted by molar-refractivity contribution is 7.85. The Morgan fingerprint density at radius 2 is 1.81 bits per heavy atom. The van der Waals surface area contributed by atoms with Crippen LogP contribution in [0.25, 0.3) is 0 Å².